The van der Waals surface area contributed by atoms with E-state index in [1.54, 1.807) is 35.0 Å². The first-order valence-electron chi connectivity index (χ1n) is 7.00. The van der Waals surface area contributed by atoms with Gasteiger partial charge >= 0.3 is 6.36 Å². The molecule has 7 heteroatoms. The van der Waals surface area contributed by atoms with Gasteiger partial charge in [0.15, 0.2) is 5.82 Å². The molecule has 0 unspecified atom stereocenters. The molecule has 3 rings (SSSR count). The third-order valence-corrected chi connectivity index (χ3v) is 3.50. The monoisotopic (exact) mass is 321 g/mol. The Bertz CT molecular complexity index is 855. The van der Waals surface area contributed by atoms with Crippen molar-refractivity contribution in [1.82, 2.24) is 9.78 Å². The molecule has 0 fully saturated rings. The number of halogens is 3. The first-order chi connectivity index (χ1) is 10.9. The van der Waals surface area contributed by atoms with Crippen LogP contribution in [0, 0.1) is 0 Å². The summed E-state index contributed by atoms with van der Waals surface area (Å²) in [4.78, 5) is 0. The minimum absolute atomic E-state index is 0.241. The number of benzene rings is 2. The van der Waals surface area contributed by atoms with Gasteiger partial charge in [0.2, 0.25) is 0 Å². The van der Waals surface area contributed by atoms with Crippen molar-refractivity contribution in [2.75, 3.05) is 5.73 Å². The van der Waals surface area contributed by atoms with Crippen LogP contribution in [0.2, 0.25) is 0 Å². The molecule has 2 aromatic carbocycles. The molecular weight excluding hydrogens is 307 g/mol. The zero-order valence-electron chi connectivity index (χ0n) is 12.3. The van der Waals surface area contributed by atoms with E-state index in [0.29, 0.717) is 23.5 Å². The standard InChI is InChI=1S/C16H14F3N3O/c1-2-22-13-9-10(7-8-12(13)15(20)21-22)11-5-3-4-6-14(11)23-16(17,18)19/h3-9H,2H2,1H3,(H2,20,21). The van der Waals surface area contributed by atoms with Crippen LogP contribution in [0.25, 0.3) is 22.0 Å². The van der Waals surface area contributed by atoms with E-state index in [2.05, 4.69) is 9.84 Å². The maximum atomic E-state index is 12.6. The Hall–Kier alpha value is -2.70. The molecule has 0 aliphatic rings. The Kier molecular flexibility index (Phi) is 3.63. The van der Waals surface area contributed by atoms with Crippen LogP contribution in [0.4, 0.5) is 19.0 Å². The zero-order valence-corrected chi connectivity index (χ0v) is 12.3. The third-order valence-electron chi connectivity index (χ3n) is 3.50. The van der Waals surface area contributed by atoms with Gasteiger partial charge in [0.1, 0.15) is 5.75 Å². The topological polar surface area (TPSA) is 53.1 Å². The van der Waals surface area contributed by atoms with Crippen LogP contribution in [0.3, 0.4) is 0 Å². The minimum Gasteiger partial charge on any atom is -0.405 e. The van der Waals surface area contributed by atoms with Gasteiger partial charge in [0.25, 0.3) is 0 Å². The molecule has 23 heavy (non-hydrogen) atoms. The summed E-state index contributed by atoms with van der Waals surface area (Å²) in [5.74, 6) is 0.156. The first kappa shape index (κ1) is 15.2. The van der Waals surface area contributed by atoms with Crippen LogP contribution in [-0.4, -0.2) is 16.1 Å². The van der Waals surface area contributed by atoms with E-state index in [1.165, 1.54) is 12.1 Å². The van der Waals surface area contributed by atoms with E-state index >= 15 is 0 Å². The molecule has 0 aliphatic heterocycles. The lowest BCUT2D eigenvalue weighted by atomic mass is 10.0. The second kappa shape index (κ2) is 5.49. The summed E-state index contributed by atoms with van der Waals surface area (Å²) in [6, 6.07) is 11.3. The van der Waals surface area contributed by atoms with E-state index in [0.717, 1.165) is 10.9 Å². The molecule has 3 aromatic rings. The van der Waals surface area contributed by atoms with E-state index in [9.17, 15) is 13.2 Å². The van der Waals surface area contributed by atoms with E-state index in [1.807, 2.05) is 6.92 Å². The molecule has 1 heterocycles. The van der Waals surface area contributed by atoms with Gasteiger partial charge in [0, 0.05) is 17.5 Å². The average Bonchev–Trinajstić information content (AvgIpc) is 2.82. The van der Waals surface area contributed by atoms with Gasteiger partial charge in [-0.3, -0.25) is 4.68 Å². The molecule has 1 aromatic heterocycles. The summed E-state index contributed by atoms with van der Waals surface area (Å²) in [6.07, 6.45) is -4.74. The summed E-state index contributed by atoms with van der Waals surface area (Å²) < 4.78 is 43.5. The fourth-order valence-electron chi connectivity index (χ4n) is 2.53. The molecule has 0 bridgehead atoms. The van der Waals surface area contributed by atoms with Crippen LogP contribution >= 0.6 is 0 Å². The second-order valence-corrected chi connectivity index (χ2v) is 4.98. The zero-order chi connectivity index (χ0) is 16.6. The molecule has 2 N–H and O–H groups in total. The Labute approximate surface area is 130 Å². The first-order valence-corrected chi connectivity index (χ1v) is 7.00. The Morgan fingerprint density at radius 2 is 1.91 bits per heavy atom. The van der Waals surface area contributed by atoms with E-state index < -0.39 is 6.36 Å². The van der Waals surface area contributed by atoms with Crippen molar-refractivity contribution in [3.8, 4) is 16.9 Å². The van der Waals surface area contributed by atoms with Crippen molar-refractivity contribution in [2.24, 2.45) is 0 Å². The number of nitrogen functional groups attached to an aromatic ring is 1. The normalized spacial score (nSPS) is 11.8. The van der Waals surface area contributed by atoms with Crippen molar-refractivity contribution in [3.63, 3.8) is 0 Å². The number of ether oxygens (including phenoxy) is 1. The fourth-order valence-corrected chi connectivity index (χ4v) is 2.53. The molecule has 4 nitrogen and oxygen atoms in total. The Morgan fingerprint density at radius 1 is 1.17 bits per heavy atom. The predicted octanol–water partition coefficient (Wildman–Crippen LogP) is 4.20. The van der Waals surface area contributed by atoms with Crippen molar-refractivity contribution >= 4 is 16.7 Å². The number of alkyl halides is 3. The fraction of sp³-hybridized carbons (Fsp3) is 0.188. The van der Waals surface area contributed by atoms with Crippen LogP contribution in [0.5, 0.6) is 5.75 Å². The summed E-state index contributed by atoms with van der Waals surface area (Å²) in [5.41, 5.74) is 7.58. The minimum atomic E-state index is -4.74. The van der Waals surface area contributed by atoms with Crippen molar-refractivity contribution in [2.45, 2.75) is 19.8 Å². The Morgan fingerprint density at radius 3 is 2.61 bits per heavy atom. The van der Waals surface area contributed by atoms with Crippen LogP contribution in [0.1, 0.15) is 6.92 Å². The number of para-hydroxylation sites is 1. The number of fused-ring (bicyclic) bond motifs is 1. The van der Waals surface area contributed by atoms with Gasteiger partial charge in [0.05, 0.1) is 5.52 Å². The molecule has 0 aliphatic carbocycles. The highest BCUT2D eigenvalue weighted by Crippen LogP contribution is 2.35. The van der Waals surface area contributed by atoms with Gasteiger partial charge in [-0.05, 0) is 30.7 Å². The number of nitrogens with two attached hydrogens (primary N) is 1. The highest BCUT2D eigenvalue weighted by molar-refractivity contribution is 5.92. The SMILES string of the molecule is CCn1nc(N)c2ccc(-c3ccccc3OC(F)(F)F)cc21. The number of hydrogen-bond acceptors (Lipinski definition) is 3. The van der Waals surface area contributed by atoms with Crippen LogP contribution < -0.4 is 10.5 Å². The summed E-state index contributed by atoms with van der Waals surface area (Å²) in [5, 5.41) is 4.98. The number of rotatable bonds is 3. The number of hydrogen-bond donors (Lipinski definition) is 1. The van der Waals surface area contributed by atoms with E-state index in [-0.39, 0.29) is 5.75 Å². The molecule has 0 atom stereocenters. The molecule has 0 saturated heterocycles. The lowest BCUT2D eigenvalue weighted by Gasteiger charge is -2.13. The van der Waals surface area contributed by atoms with Gasteiger partial charge in [-0.1, -0.05) is 24.3 Å². The molecule has 0 spiro atoms. The second-order valence-electron chi connectivity index (χ2n) is 4.98. The van der Waals surface area contributed by atoms with Crippen molar-refractivity contribution in [1.29, 1.82) is 0 Å². The van der Waals surface area contributed by atoms with Gasteiger partial charge < -0.3 is 10.5 Å². The lowest BCUT2D eigenvalue weighted by Crippen LogP contribution is -2.17. The van der Waals surface area contributed by atoms with Gasteiger partial charge in [-0.15, -0.1) is 13.2 Å². The average molecular weight is 321 g/mol. The Balaban J connectivity index is 2.14. The molecule has 0 saturated carbocycles. The number of nitrogens with zero attached hydrogens (tertiary/aromatic N) is 2. The smallest absolute Gasteiger partial charge is 0.405 e. The number of aromatic nitrogens is 2. The molecule has 0 amide bonds. The lowest BCUT2D eigenvalue weighted by molar-refractivity contribution is -0.274. The van der Waals surface area contributed by atoms with Gasteiger partial charge in [-0.25, -0.2) is 0 Å². The van der Waals surface area contributed by atoms with Crippen LogP contribution in [0.15, 0.2) is 42.5 Å². The van der Waals surface area contributed by atoms with E-state index in [4.69, 9.17) is 5.73 Å². The largest absolute Gasteiger partial charge is 0.573 e. The van der Waals surface area contributed by atoms with Gasteiger partial charge in [-0.2, -0.15) is 5.10 Å². The molecule has 0 radical (unpaired) electrons. The maximum absolute atomic E-state index is 12.6. The molecular formula is C16H14F3N3O. The summed E-state index contributed by atoms with van der Waals surface area (Å²) in [7, 11) is 0. The number of aryl methyl sites for hydroxylation is 1. The molecule has 120 valence electrons. The maximum Gasteiger partial charge on any atom is 0.573 e. The predicted molar refractivity (Wildman–Crippen MR) is 81.9 cm³/mol. The van der Waals surface area contributed by atoms with Crippen LogP contribution in [-0.2, 0) is 6.54 Å². The third kappa shape index (κ3) is 2.94. The number of anilines is 1. The quantitative estimate of drug-likeness (QED) is 0.786. The highest BCUT2D eigenvalue weighted by atomic mass is 19.4. The van der Waals surface area contributed by atoms with Crippen molar-refractivity contribution in [3.05, 3.63) is 42.5 Å². The summed E-state index contributed by atoms with van der Waals surface area (Å²) in [6.45, 7) is 2.52. The van der Waals surface area contributed by atoms with Crippen molar-refractivity contribution < 1.29 is 17.9 Å². The highest BCUT2D eigenvalue weighted by Gasteiger charge is 2.32. The summed E-state index contributed by atoms with van der Waals surface area (Å²) >= 11 is 0.